The van der Waals surface area contributed by atoms with Gasteiger partial charge in [0.15, 0.2) is 5.13 Å². The van der Waals surface area contributed by atoms with Crippen molar-refractivity contribution in [1.82, 2.24) is 9.97 Å². The van der Waals surface area contributed by atoms with Crippen LogP contribution >= 0.6 is 11.3 Å². The Kier molecular flexibility index (Phi) is 5.87. The Bertz CT molecular complexity index is 1160. The van der Waals surface area contributed by atoms with E-state index in [1.54, 1.807) is 29.7 Å². The summed E-state index contributed by atoms with van der Waals surface area (Å²) in [7, 11) is 0. The van der Waals surface area contributed by atoms with Crippen LogP contribution < -0.4 is 16.4 Å². The number of nitrogens with zero attached hydrogens (tertiary/aromatic N) is 2. The molecule has 0 fully saturated rings. The van der Waals surface area contributed by atoms with Crippen LogP contribution in [-0.2, 0) is 6.42 Å². The van der Waals surface area contributed by atoms with Crippen molar-refractivity contribution in [3.05, 3.63) is 72.7 Å². The van der Waals surface area contributed by atoms with Crippen LogP contribution in [0.2, 0.25) is 0 Å². The van der Waals surface area contributed by atoms with E-state index in [4.69, 9.17) is 10.8 Å². The Hall–Kier alpha value is -3.49. The van der Waals surface area contributed by atoms with Crippen molar-refractivity contribution in [2.45, 2.75) is 12.5 Å². The number of aromatic nitrogens is 2. The van der Waals surface area contributed by atoms with Gasteiger partial charge < -0.3 is 16.2 Å². The van der Waals surface area contributed by atoms with Gasteiger partial charge in [-0.1, -0.05) is 35.6 Å². The lowest BCUT2D eigenvalue weighted by molar-refractivity contribution is 0.209. The first-order valence-corrected chi connectivity index (χ1v) is 10.3. The number of carbonyl (C=O) groups is 1. The number of nitrogens with two attached hydrogens (primary N) is 1. The summed E-state index contributed by atoms with van der Waals surface area (Å²) in [6, 6.07) is 15.4. The van der Waals surface area contributed by atoms with E-state index >= 15 is 0 Å². The first-order valence-electron chi connectivity index (χ1n) is 9.45. The number of hydrogen-bond acceptors (Lipinski definition) is 6. The van der Waals surface area contributed by atoms with Crippen molar-refractivity contribution < 1.29 is 9.90 Å². The molecule has 7 nitrogen and oxygen atoms in total. The normalized spacial score (nSPS) is 11.9. The van der Waals surface area contributed by atoms with Crippen molar-refractivity contribution >= 4 is 39.0 Å². The molecule has 0 saturated heterocycles. The maximum absolute atomic E-state index is 10.7. The number of benzene rings is 2. The summed E-state index contributed by atoms with van der Waals surface area (Å²) in [4.78, 5) is 20.4. The molecule has 2 aromatic carbocycles. The highest BCUT2D eigenvalue weighted by atomic mass is 32.1. The van der Waals surface area contributed by atoms with Crippen molar-refractivity contribution in [3.8, 4) is 10.4 Å². The van der Waals surface area contributed by atoms with Gasteiger partial charge in [-0.3, -0.25) is 10.3 Å². The van der Waals surface area contributed by atoms with E-state index < -0.39 is 6.09 Å². The Morgan fingerprint density at radius 2 is 1.93 bits per heavy atom. The fraction of sp³-hybridized carbons (Fsp3) is 0.136. The molecule has 0 aliphatic rings. The molecular weight excluding hydrogens is 398 g/mol. The van der Waals surface area contributed by atoms with Crippen molar-refractivity contribution in [3.63, 3.8) is 0 Å². The van der Waals surface area contributed by atoms with Crippen LogP contribution in [0.1, 0.15) is 5.56 Å². The minimum absolute atomic E-state index is 0.0937. The average molecular weight is 420 g/mol. The van der Waals surface area contributed by atoms with E-state index in [1.807, 2.05) is 30.6 Å². The predicted molar refractivity (Wildman–Crippen MR) is 121 cm³/mol. The molecule has 0 saturated carbocycles. The molecule has 0 bridgehead atoms. The van der Waals surface area contributed by atoms with Gasteiger partial charge >= 0.3 is 6.09 Å². The van der Waals surface area contributed by atoms with Crippen LogP contribution in [0.25, 0.3) is 21.2 Å². The van der Waals surface area contributed by atoms with E-state index in [0.717, 1.165) is 31.9 Å². The summed E-state index contributed by atoms with van der Waals surface area (Å²) in [5.41, 5.74) is 8.96. The van der Waals surface area contributed by atoms with Gasteiger partial charge in [0, 0.05) is 42.3 Å². The van der Waals surface area contributed by atoms with Gasteiger partial charge in [-0.25, -0.2) is 9.78 Å². The van der Waals surface area contributed by atoms with Gasteiger partial charge in [0.1, 0.15) is 0 Å². The van der Waals surface area contributed by atoms with Crippen LogP contribution in [0.3, 0.4) is 0 Å². The smallest absolute Gasteiger partial charge is 0.409 e. The van der Waals surface area contributed by atoms with Gasteiger partial charge in [0.25, 0.3) is 0 Å². The largest absolute Gasteiger partial charge is 0.465 e. The summed E-state index contributed by atoms with van der Waals surface area (Å²) in [6.07, 6.45) is 5.12. The van der Waals surface area contributed by atoms with E-state index in [1.165, 1.54) is 0 Å². The Balaban J connectivity index is 1.34. The number of pyridine rings is 1. The maximum Gasteiger partial charge on any atom is 0.409 e. The average Bonchev–Trinajstić information content (AvgIpc) is 3.22. The van der Waals surface area contributed by atoms with Crippen LogP contribution in [0.5, 0.6) is 0 Å². The molecule has 2 aromatic heterocycles. The molecule has 4 aromatic rings. The van der Waals surface area contributed by atoms with Gasteiger partial charge in [-0.15, -0.1) is 0 Å². The highest BCUT2D eigenvalue weighted by Crippen LogP contribution is 2.30. The lowest BCUT2D eigenvalue weighted by Gasteiger charge is -2.12. The van der Waals surface area contributed by atoms with Crippen LogP contribution in [0, 0.1) is 0 Å². The molecule has 2 heterocycles. The Morgan fingerprint density at radius 3 is 2.73 bits per heavy atom. The Labute approximate surface area is 177 Å². The van der Waals surface area contributed by atoms with Crippen LogP contribution in [0.15, 0.2) is 67.1 Å². The standard InChI is InChI=1S/C22H21N5O2S/c23-18(9-14-1-5-19(6-2-14)27-22(28)29)12-25-21-26-13-20(30-21)16-3-4-17-11-24-8-7-15(17)10-16/h1-8,10-11,13,18,27H,9,12,23H2,(H,25,26)(H,28,29). The van der Waals surface area contributed by atoms with Crippen molar-refractivity contribution in [2.75, 3.05) is 17.2 Å². The molecule has 1 atom stereocenters. The molecule has 1 unspecified atom stereocenters. The molecule has 1 amide bonds. The van der Waals surface area contributed by atoms with E-state index in [0.29, 0.717) is 18.7 Å². The lowest BCUT2D eigenvalue weighted by Crippen LogP contribution is -2.31. The zero-order valence-corrected chi connectivity index (χ0v) is 16.9. The number of thiazole rings is 1. The minimum Gasteiger partial charge on any atom is -0.465 e. The van der Waals surface area contributed by atoms with Crippen molar-refractivity contribution in [1.29, 1.82) is 0 Å². The summed E-state index contributed by atoms with van der Waals surface area (Å²) < 4.78 is 0. The second kappa shape index (κ2) is 8.89. The number of carboxylic acid groups (broad SMARTS) is 1. The molecular formula is C22H21N5O2S. The quantitative estimate of drug-likeness (QED) is 0.352. The lowest BCUT2D eigenvalue weighted by atomic mass is 10.1. The van der Waals surface area contributed by atoms with E-state index in [9.17, 15) is 4.79 Å². The Morgan fingerprint density at radius 1 is 1.10 bits per heavy atom. The summed E-state index contributed by atoms with van der Waals surface area (Å²) in [6.45, 7) is 0.589. The molecule has 4 rings (SSSR count). The number of hydrogen-bond donors (Lipinski definition) is 4. The third-order valence-electron chi connectivity index (χ3n) is 4.65. The first-order chi connectivity index (χ1) is 14.6. The van der Waals surface area contributed by atoms with E-state index in [2.05, 4.69) is 38.8 Å². The number of amides is 1. The highest BCUT2D eigenvalue weighted by Gasteiger charge is 2.09. The predicted octanol–water partition coefficient (Wildman–Crippen LogP) is 4.43. The van der Waals surface area contributed by atoms with Crippen molar-refractivity contribution in [2.24, 2.45) is 5.73 Å². The zero-order chi connectivity index (χ0) is 20.9. The van der Waals surface area contributed by atoms with Gasteiger partial charge in [0.2, 0.25) is 0 Å². The third-order valence-corrected chi connectivity index (χ3v) is 5.65. The highest BCUT2D eigenvalue weighted by molar-refractivity contribution is 7.18. The molecule has 0 spiro atoms. The number of nitrogens with one attached hydrogen (secondary N) is 2. The maximum atomic E-state index is 10.7. The van der Waals surface area contributed by atoms with Crippen LogP contribution in [0.4, 0.5) is 15.6 Å². The molecule has 0 radical (unpaired) electrons. The second-order valence-corrected chi connectivity index (χ2v) is 7.97. The number of anilines is 2. The second-order valence-electron chi connectivity index (χ2n) is 6.94. The summed E-state index contributed by atoms with van der Waals surface area (Å²) in [5, 5.41) is 17.5. The van der Waals surface area contributed by atoms with Crippen LogP contribution in [-0.4, -0.2) is 33.8 Å². The zero-order valence-electron chi connectivity index (χ0n) is 16.1. The van der Waals surface area contributed by atoms with Gasteiger partial charge in [-0.2, -0.15) is 0 Å². The number of rotatable bonds is 7. The molecule has 0 aliphatic heterocycles. The SMILES string of the molecule is NC(CNc1ncc(-c2ccc3cnccc3c2)s1)Cc1ccc(NC(=O)O)cc1. The molecule has 0 aliphatic carbocycles. The van der Waals surface area contributed by atoms with Gasteiger partial charge in [0.05, 0.1) is 4.88 Å². The van der Waals surface area contributed by atoms with Gasteiger partial charge in [-0.05, 0) is 47.2 Å². The first kappa shape index (κ1) is 19.8. The molecule has 152 valence electrons. The monoisotopic (exact) mass is 419 g/mol. The molecule has 8 heteroatoms. The fourth-order valence-electron chi connectivity index (χ4n) is 3.17. The molecule has 5 N–H and O–H groups in total. The topological polar surface area (TPSA) is 113 Å². The summed E-state index contributed by atoms with van der Waals surface area (Å²) >= 11 is 1.59. The third kappa shape index (κ3) is 4.91. The minimum atomic E-state index is -1.08. The van der Waals surface area contributed by atoms with E-state index in [-0.39, 0.29) is 6.04 Å². The number of fused-ring (bicyclic) bond motifs is 1. The fourth-order valence-corrected chi connectivity index (χ4v) is 3.99. The summed E-state index contributed by atoms with van der Waals surface area (Å²) in [5.74, 6) is 0. The molecule has 30 heavy (non-hydrogen) atoms.